The SMILES string of the molecule is CC1NCc2ccccc2N(CCc2ccccc2)C1=O. The lowest BCUT2D eigenvalue weighted by Gasteiger charge is -2.24. The Morgan fingerprint density at radius 3 is 2.62 bits per heavy atom. The van der Waals surface area contributed by atoms with Gasteiger partial charge >= 0.3 is 0 Å². The van der Waals surface area contributed by atoms with Crippen LogP contribution in [-0.2, 0) is 17.8 Å². The van der Waals surface area contributed by atoms with Crippen molar-refractivity contribution >= 4 is 11.6 Å². The number of hydrogen-bond acceptors (Lipinski definition) is 2. The first kappa shape index (κ1) is 13.8. The fraction of sp³-hybridized carbons (Fsp3) is 0.278. The van der Waals surface area contributed by atoms with Crippen molar-refractivity contribution < 1.29 is 4.79 Å². The number of benzene rings is 2. The Morgan fingerprint density at radius 1 is 1.10 bits per heavy atom. The largest absolute Gasteiger partial charge is 0.310 e. The number of hydrogen-bond donors (Lipinski definition) is 1. The maximum atomic E-state index is 12.6. The summed E-state index contributed by atoms with van der Waals surface area (Å²) in [5.74, 6) is 0.149. The Labute approximate surface area is 125 Å². The summed E-state index contributed by atoms with van der Waals surface area (Å²) in [6.07, 6.45) is 0.869. The van der Waals surface area contributed by atoms with E-state index in [0.717, 1.165) is 18.7 Å². The molecule has 1 aliphatic rings. The van der Waals surface area contributed by atoms with Crippen molar-refractivity contribution in [2.45, 2.75) is 25.9 Å². The van der Waals surface area contributed by atoms with Crippen LogP contribution in [0.4, 0.5) is 5.69 Å². The van der Waals surface area contributed by atoms with E-state index >= 15 is 0 Å². The van der Waals surface area contributed by atoms with Crippen molar-refractivity contribution in [2.75, 3.05) is 11.4 Å². The lowest BCUT2D eigenvalue weighted by molar-refractivity contribution is -0.120. The molecular formula is C18H20N2O. The van der Waals surface area contributed by atoms with E-state index in [-0.39, 0.29) is 11.9 Å². The van der Waals surface area contributed by atoms with Gasteiger partial charge in [0.15, 0.2) is 0 Å². The second-order valence-electron chi connectivity index (χ2n) is 5.46. The zero-order valence-electron chi connectivity index (χ0n) is 12.3. The third-order valence-electron chi connectivity index (χ3n) is 3.98. The van der Waals surface area contributed by atoms with Gasteiger partial charge < -0.3 is 10.2 Å². The van der Waals surface area contributed by atoms with Crippen LogP contribution in [0.5, 0.6) is 0 Å². The predicted octanol–water partition coefficient (Wildman–Crippen LogP) is 2.75. The van der Waals surface area contributed by atoms with E-state index in [2.05, 4.69) is 23.5 Å². The topological polar surface area (TPSA) is 32.3 Å². The molecule has 0 radical (unpaired) electrons. The molecule has 0 aromatic heterocycles. The number of nitrogens with one attached hydrogen (secondary N) is 1. The summed E-state index contributed by atoms with van der Waals surface area (Å²) in [5.41, 5.74) is 3.48. The summed E-state index contributed by atoms with van der Waals surface area (Å²) in [4.78, 5) is 14.5. The molecule has 1 atom stereocenters. The highest BCUT2D eigenvalue weighted by atomic mass is 16.2. The van der Waals surface area contributed by atoms with Crippen LogP contribution in [-0.4, -0.2) is 18.5 Å². The summed E-state index contributed by atoms with van der Waals surface area (Å²) in [6, 6.07) is 18.3. The lowest BCUT2D eigenvalue weighted by atomic mass is 10.1. The molecule has 0 saturated carbocycles. The molecule has 0 saturated heterocycles. The minimum absolute atomic E-state index is 0.145. The van der Waals surface area contributed by atoms with E-state index in [4.69, 9.17) is 0 Å². The molecule has 21 heavy (non-hydrogen) atoms. The predicted molar refractivity (Wildman–Crippen MR) is 85.2 cm³/mol. The van der Waals surface area contributed by atoms with Gasteiger partial charge in [-0.3, -0.25) is 4.79 Å². The molecule has 0 fully saturated rings. The number of fused-ring (bicyclic) bond motifs is 1. The quantitative estimate of drug-likeness (QED) is 0.937. The monoisotopic (exact) mass is 280 g/mol. The summed E-state index contributed by atoms with van der Waals surface area (Å²) >= 11 is 0. The van der Waals surface area contributed by atoms with Crippen molar-refractivity contribution in [1.82, 2.24) is 5.32 Å². The van der Waals surface area contributed by atoms with Crippen LogP contribution in [0.15, 0.2) is 54.6 Å². The van der Waals surface area contributed by atoms with Gasteiger partial charge in [-0.25, -0.2) is 0 Å². The van der Waals surface area contributed by atoms with Crippen LogP contribution >= 0.6 is 0 Å². The Morgan fingerprint density at radius 2 is 1.81 bits per heavy atom. The number of amides is 1. The normalized spacial score (nSPS) is 18.2. The van der Waals surface area contributed by atoms with Gasteiger partial charge in [-0.15, -0.1) is 0 Å². The van der Waals surface area contributed by atoms with E-state index in [1.54, 1.807) is 0 Å². The highest BCUT2D eigenvalue weighted by Gasteiger charge is 2.26. The van der Waals surface area contributed by atoms with Gasteiger partial charge in [-0.1, -0.05) is 48.5 Å². The number of nitrogens with zero attached hydrogens (tertiary/aromatic N) is 1. The first-order chi connectivity index (χ1) is 10.3. The summed E-state index contributed by atoms with van der Waals surface area (Å²) in [7, 11) is 0. The molecule has 1 heterocycles. The van der Waals surface area contributed by atoms with E-state index in [9.17, 15) is 4.79 Å². The fourth-order valence-corrected chi connectivity index (χ4v) is 2.74. The van der Waals surface area contributed by atoms with Crippen molar-refractivity contribution in [2.24, 2.45) is 0 Å². The smallest absolute Gasteiger partial charge is 0.243 e. The first-order valence-corrected chi connectivity index (χ1v) is 7.42. The van der Waals surface area contributed by atoms with Crippen LogP contribution in [0.2, 0.25) is 0 Å². The van der Waals surface area contributed by atoms with Gasteiger partial charge in [0.2, 0.25) is 5.91 Å². The molecule has 3 heteroatoms. The van der Waals surface area contributed by atoms with E-state index in [1.807, 2.05) is 48.2 Å². The van der Waals surface area contributed by atoms with E-state index in [1.165, 1.54) is 11.1 Å². The highest BCUT2D eigenvalue weighted by molar-refractivity contribution is 5.98. The molecule has 1 amide bonds. The average molecular weight is 280 g/mol. The lowest BCUT2D eigenvalue weighted by Crippen LogP contribution is -2.43. The van der Waals surface area contributed by atoms with E-state index < -0.39 is 0 Å². The zero-order valence-corrected chi connectivity index (χ0v) is 12.3. The Kier molecular flexibility index (Phi) is 4.02. The molecule has 1 unspecified atom stereocenters. The number of anilines is 1. The van der Waals surface area contributed by atoms with Crippen LogP contribution in [0, 0.1) is 0 Å². The molecule has 1 N–H and O–H groups in total. The molecule has 1 aliphatic heterocycles. The molecular weight excluding hydrogens is 260 g/mol. The summed E-state index contributed by atoms with van der Waals surface area (Å²) < 4.78 is 0. The molecule has 108 valence electrons. The zero-order chi connectivity index (χ0) is 14.7. The average Bonchev–Trinajstić information content (AvgIpc) is 2.65. The van der Waals surface area contributed by atoms with Crippen molar-refractivity contribution in [1.29, 1.82) is 0 Å². The number of carbonyl (C=O) groups excluding carboxylic acids is 1. The van der Waals surface area contributed by atoms with E-state index in [0.29, 0.717) is 6.54 Å². The molecule has 0 spiro atoms. The summed E-state index contributed by atoms with van der Waals surface area (Å²) in [5, 5.41) is 3.29. The van der Waals surface area contributed by atoms with Crippen LogP contribution < -0.4 is 10.2 Å². The third kappa shape index (κ3) is 2.98. The van der Waals surface area contributed by atoms with Gasteiger partial charge in [0.25, 0.3) is 0 Å². The molecule has 0 bridgehead atoms. The minimum atomic E-state index is -0.145. The minimum Gasteiger partial charge on any atom is -0.310 e. The van der Waals surface area contributed by atoms with Crippen molar-refractivity contribution in [3.8, 4) is 0 Å². The molecule has 3 rings (SSSR count). The van der Waals surface area contributed by atoms with Crippen molar-refractivity contribution in [3.05, 3.63) is 65.7 Å². The number of rotatable bonds is 3. The summed E-state index contributed by atoms with van der Waals surface area (Å²) in [6.45, 7) is 3.39. The van der Waals surface area contributed by atoms with Gasteiger partial charge in [0.05, 0.1) is 6.04 Å². The molecule has 2 aromatic carbocycles. The maximum Gasteiger partial charge on any atom is 0.243 e. The Bertz CT molecular complexity index is 624. The Balaban J connectivity index is 1.85. The standard InChI is InChI=1S/C18H20N2O/c1-14-18(21)20(12-11-15-7-3-2-4-8-15)17-10-6-5-9-16(17)13-19-14/h2-10,14,19H,11-13H2,1H3. The van der Waals surface area contributed by atoms with Gasteiger partial charge in [-0.2, -0.15) is 0 Å². The van der Waals surface area contributed by atoms with Crippen LogP contribution in [0.25, 0.3) is 0 Å². The molecule has 3 nitrogen and oxygen atoms in total. The highest BCUT2D eigenvalue weighted by Crippen LogP contribution is 2.24. The molecule has 2 aromatic rings. The molecule has 0 aliphatic carbocycles. The van der Waals surface area contributed by atoms with Gasteiger partial charge in [0.1, 0.15) is 0 Å². The second-order valence-corrected chi connectivity index (χ2v) is 5.46. The van der Waals surface area contributed by atoms with Crippen LogP contribution in [0.1, 0.15) is 18.1 Å². The van der Waals surface area contributed by atoms with Gasteiger partial charge in [0, 0.05) is 18.8 Å². The fourth-order valence-electron chi connectivity index (χ4n) is 2.74. The second kappa shape index (κ2) is 6.10. The number of para-hydroxylation sites is 1. The van der Waals surface area contributed by atoms with Crippen LogP contribution in [0.3, 0.4) is 0 Å². The Hall–Kier alpha value is -2.13. The number of carbonyl (C=O) groups is 1. The third-order valence-corrected chi connectivity index (χ3v) is 3.98. The van der Waals surface area contributed by atoms with Gasteiger partial charge in [-0.05, 0) is 30.5 Å². The van der Waals surface area contributed by atoms with Crippen molar-refractivity contribution in [3.63, 3.8) is 0 Å². The maximum absolute atomic E-state index is 12.6. The first-order valence-electron chi connectivity index (χ1n) is 7.42.